The second-order valence-electron chi connectivity index (χ2n) is 3.39. The van der Waals surface area contributed by atoms with Gasteiger partial charge in [0, 0.05) is 6.42 Å². The van der Waals surface area contributed by atoms with Crippen LogP contribution in [0.15, 0.2) is 4.52 Å². The highest BCUT2D eigenvalue weighted by atomic mass is 19.3. The van der Waals surface area contributed by atoms with Crippen LogP contribution >= 0.6 is 0 Å². The summed E-state index contributed by atoms with van der Waals surface area (Å²) in [6.07, 6.45) is -1.92. The van der Waals surface area contributed by atoms with Gasteiger partial charge in [0.15, 0.2) is 5.82 Å². The van der Waals surface area contributed by atoms with E-state index < -0.39 is 11.8 Å². The SMILES string of the molecule is CCc1noc(C(C)(C)C(F)F)n1. The Kier molecular flexibility index (Phi) is 2.63. The molecular weight excluding hydrogens is 178 g/mol. The van der Waals surface area contributed by atoms with Gasteiger partial charge in [-0.15, -0.1) is 0 Å². The van der Waals surface area contributed by atoms with E-state index in [9.17, 15) is 8.78 Å². The fourth-order valence-corrected chi connectivity index (χ4v) is 0.753. The Morgan fingerprint density at radius 1 is 1.46 bits per heavy atom. The third kappa shape index (κ3) is 1.84. The minimum absolute atomic E-state index is 0.000602. The molecule has 1 aromatic heterocycles. The summed E-state index contributed by atoms with van der Waals surface area (Å²) in [7, 11) is 0. The van der Waals surface area contributed by atoms with Crippen molar-refractivity contribution in [3.05, 3.63) is 11.7 Å². The van der Waals surface area contributed by atoms with Gasteiger partial charge < -0.3 is 4.52 Å². The van der Waals surface area contributed by atoms with Crippen LogP contribution in [0.4, 0.5) is 8.78 Å². The first-order chi connectivity index (χ1) is 5.98. The Balaban J connectivity index is 2.93. The minimum Gasteiger partial charge on any atom is -0.339 e. The highest BCUT2D eigenvalue weighted by Crippen LogP contribution is 2.28. The molecule has 3 nitrogen and oxygen atoms in total. The van der Waals surface area contributed by atoms with Crippen molar-refractivity contribution in [2.45, 2.75) is 39.0 Å². The first kappa shape index (κ1) is 10.1. The van der Waals surface area contributed by atoms with E-state index in [1.54, 1.807) is 0 Å². The van der Waals surface area contributed by atoms with Gasteiger partial charge in [0.25, 0.3) is 6.43 Å². The maximum atomic E-state index is 12.5. The molecule has 0 radical (unpaired) electrons. The van der Waals surface area contributed by atoms with Crippen LogP contribution in [0.2, 0.25) is 0 Å². The summed E-state index contributed by atoms with van der Waals surface area (Å²) in [5, 5.41) is 3.56. The van der Waals surface area contributed by atoms with Gasteiger partial charge in [-0.05, 0) is 13.8 Å². The summed E-state index contributed by atoms with van der Waals surface area (Å²) >= 11 is 0. The second kappa shape index (κ2) is 3.40. The standard InChI is InChI=1S/C8H12F2N2O/c1-4-5-11-7(13-12-5)8(2,3)6(9)10/h6H,4H2,1-3H3. The molecule has 1 aromatic rings. The molecule has 74 valence electrons. The Bertz CT molecular complexity index is 283. The zero-order chi connectivity index (χ0) is 10.1. The number of halogens is 2. The molecule has 5 heteroatoms. The normalized spacial score (nSPS) is 12.5. The largest absolute Gasteiger partial charge is 0.339 e. The number of aryl methyl sites for hydroxylation is 1. The zero-order valence-electron chi connectivity index (χ0n) is 7.84. The highest BCUT2D eigenvalue weighted by Gasteiger charge is 2.37. The van der Waals surface area contributed by atoms with E-state index in [-0.39, 0.29) is 5.89 Å². The van der Waals surface area contributed by atoms with Crippen molar-refractivity contribution < 1.29 is 13.3 Å². The molecule has 13 heavy (non-hydrogen) atoms. The van der Waals surface area contributed by atoms with Gasteiger partial charge in [0.05, 0.1) is 0 Å². The molecule has 1 heterocycles. The smallest absolute Gasteiger partial charge is 0.252 e. The predicted octanol–water partition coefficient (Wildman–Crippen LogP) is 2.17. The summed E-state index contributed by atoms with van der Waals surface area (Å²) in [4.78, 5) is 3.86. The summed E-state index contributed by atoms with van der Waals surface area (Å²) in [6.45, 7) is 4.60. The molecule has 0 aliphatic rings. The van der Waals surface area contributed by atoms with E-state index >= 15 is 0 Å². The Hall–Kier alpha value is -1.00. The summed E-state index contributed by atoms with van der Waals surface area (Å²) in [6, 6.07) is 0. The summed E-state index contributed by atoms with van der Waals surface area (Å²) in [5.41, 5.74) is -1.36. The lowest BCUT2D eigenvalue weighted by Crippen LogP contribution is -2.27. The van der Waals surface area contributed by atoms with E-state index in [1.165, 1.54) is 13.8 Å². The zero-order valence-corrected chi connectivity index (χ0v) is 7.84. The van der Waals surface area contributed by atoms with Crippen LogP contribution < -0.4 is 0 Å². The Morgan fingerprint density at radius 2 is 2.08 bits per heavy atom. The third-order valence-corrected chi connectivity index (χ3v) is 1.88. The monoisotopic (exact) mass is 190 g/mol. The number of hydrogen-bond acceptors (Lipinski definition) is 3. The molecule has 0 saturated carbocycles. The van der Waals surface area contributed by atoms with Crippen molar-refractivity contribution in [1.82, 2.24) is 10.1 Å². The van der Waals surface area contributed by atoms with Crippen molar-refractivity contribution in [2.24, 2.45) is 0 Å². The van der Waals surface area contributed by atoms with E-state index in [2.05, 4.69) is 10.1 Å². The van der Waals surface area contributed by atoms with Gasteiger partial charge in [0.2, 0.25) is 5.89 Å². The first-order valence-electron chi connectivity index (χ1n) is 4.09. The molecular formula is C8H12F2N2O. The van der Waals surface area contributed by atoms with Crippen LogP contribution in [0.1, 0.15) is 32.5 Å². The van der Waals surface area contributed by atoms with Gasteiger partial charge in [-0.25, -0.2) is 8.78 Å². The van der Waals surface area contributed by atoms with Crippen LogP contribution in [0.25, 0.3) is 0 Å². The lowest BCUT2D eigenvalue weighted by Gasteiger charge is -2.17. The fourth-order valence-electron chi connectivity index (χ4n) is 0.753. The van der Waals surface area contributed by atoms with E-state index in [4.69, 9.17) is 4.52 Å². The molecule has 0 bridgehead atoms. The molecule has 0 aromatic carbocycles. The lowest BCUT2D eigenvalue weighted by molar-refractivity contribution is 0.0505. The molecule has 0 aliphatic heterocycles. The minimum atomic E-state index is -2.50. The van der Waals surface area contributed by atoms with Crippen LogP contribution in [0.3, 0.4) is 0 Å². The molecule has 0 saturated heterocycles. The first-order valence-corrected chi connectivity index (χ1v) is 4.09. The number of hydrogen-bond donors (Lipinski definition) is 0. The van der Waals surface area contributed by atoms with E-state index in [0.29, 0.717) is 12.2 Å². The fraction of sp³-hybridized carbons (Fsp3) is 0.750. The van der Waals surface area contributed by atoms with Gasteiger partial charge in [-0.2, -0.15) is 4.98 Å². The van der Waals surface area contributed by atoms with Gasteiger partial charge in [-0.3, -0.25) is 0 Å². The van der Waals surface area contributed by atoms with Crippen LogP contribution in [0, 0.1) is 0 Å². The van der Waals surface area contributed by atoms with Gasteiger partial charge in [0.1, 0.15) is 5.41 Å². The van der Waals surface area contributed by atoms with Crippen molar-refractivity contribution in [3.8, 4) is 0 Å². The number of rotatable bonds is 3. The maximum Gasteiger partial charge on any atom is 0.252 e. The van der Waals surface area contributed by atoms with E-state index in [0.717, 1.165) is 0 Å². The predicted molar refractivity (Wildman–Crippen MR) is 42.7 cm³/mol. The van der Waals surface area contributed by atoms with Gasteiger partial charge in [-0.1, -0.05) is 12.1 Å². The summed E-state index contributed by atoms with van der Waals surface area (Å²) < 4.78 is 29.7. The molecule has 0 fully saturated rings. The van der Waals surface area contributed by atoms with Crippen molar-refractivity contribution >= 4 is 0 Å². The van der Waals surface area contributed by atoms with E-state index in [1.807, 2.05) is 6.92 Å². The second-order valence-corrected chi connectivity index (χ2v) is 3.39. The molecule has 0 N–H and O–H groups in total. The molecule has 0 unspecified atom stereocenters. The van der Waals surface area contributed by atoms with Gasteiger partial charge >= 0.3 is 0 Å². The quantitative estimate of drug-likeness (QED) is 0.733. The number of aromatic nitrogens is 2. The number of alkyl halides is 2. The molecule has 1 rings (SSSR count). The van der Waals surface area contributed by atoms with Crippen LogP contribution in [0.5, 0.6) is 0 Å². The summed E-state index contributed by atoms with van der Waals surface area (Å²) in [5.74, 6) is 0.461. The average molecular weight is 190 g/mol. The molecule has 0 aliphatic carbocycles. The molecule has 0 amide bonds. The van der Waals surface area contributed by atoms with Crippen LogP contribution in [-0.2, 0) is 11.8 Å². The van der Waals surface area contributed by atoms with Crippen molar-refractivity contribution in [1.29, 1.82) is 0 Å². The number of nitrogens with zero attached hydrogens (tertiary/aromatic N) is 2. The van der Waals surface area contributed by atoms with Crippen molar-refractivity contribution in [2.75, 3.05) is 0 Å². The average Bonchev–Trinajstić information content (AvgIpc) is 2.51. The van der Waals surface area contributed by atoms with Crippen LogP contribution in [-0.4, -0.2) is 16.6 Å². The highest BCUT2D eigenvalue weighted by molar-refractivity contribution is 5.02. The third-order valence-electron chi connectivity index (χ3n) is 1.88. The lowest BCUT2D eigenvalue weighted by atomic mass is 9.94. The molecule has 0 atom stereocenters. The van der Waals surface area contributed by atoms with Crippen molar-refractivity contribution in [3.63, 3.8) is 0 Å². The maximum absolute atomic E-state index is 12.5. The molecule has 0 spiro atoms. The Morgan fingerprint density at radius 3 is 2.46 bits per heavy atom. The topological polar surface area (TPSA) is 38.9 Å². The Labute approximate surface area is 75.1 Å².